The SMILES string of the molecule is N#Cc1ccc(CCNC(=O)[C@H]2CNC[C@@H]2C(=O)NCCc2ccc(C#N)cc2)cc1. The van der Waals surface area contributed by atoms with E-state index < -0.39 is 11.8 Å². The number of rotatable bonds is 8. The molecule has 1 heterocycles. The van der Waals surface area contributed by atoms with E-state index >= 15 is 0 Å². The number of amides is 2. The van der Waals surface area contributed by atoms with Gasteiger partial charge in [-0.2, -0.15) is 10.5 Å². The van der Waals surface area contributed by atoms with Gasteiger partial charge in [0.05, 0.1) is 35.1 Å². The average molecular weight is 415 g/mol. The molecular weight excluding hydrogens is 390 g/mol. The molecule has 0 bridgehead atoms. The second-order valence-corrected chi connectivity index (χ2v) is 7.57. The van der Waals surface area contributed by atoms with Crippen LogP contribution in [0.1, 0.15) is 22.3 Å². The zero-order chi connectivity index (χ0) is 22.1. The van der Waals surface area contributed by atoms with Crippen molar-refractivity contribution in [2.45, 2.75) is 12.8 Å². The van der Waals surface area contributed by atoms with Gasteiger partial charge in [-0.3, -0.25) is 9.59 Å². The number of nitrogens with zero attached hydrogens (tertiary/aromatic N) is 2. The minimum Gasteiger partial charge on any atom is -0.355 e. The number of nitriles is 2. The number of hydrogen-bond donors (Lipinski definition) is 3. The van der Waals surface area contributed by atoms with E-state index in [0.29, 0.717) is 50.1 Å². The molecule has 31 heavy (non-hydrogen) atoms. The molecule has 7 heteroatoms. The van der Waals surface area contributed by atoms with Crippen LogP contribution in [0.5, 0.6) is 0 Å². The molecule has 1 fully saturated rings. The van der Waals surface area contributed by atoms with Crippen LogP contribution in [0.3, 0.4) is 0 Å². The largest absolute Gasteiger partial charge is 0.355 e. The fourth-order valence-electron chi connectivity index (χ4n) is 3.64. The van der Waals surface area contributed by atoms with Gasteiger partial charge in [-0.05, 0) is 48.2 Å². The number of nitrogens with one attached hydrogen (secondary N) is 3. The van der Waals surface area contributed by atoms with Crippen LogP contribution < -0.4 is 16.0 Å². The monoisotopic (exact) mass is 415 g/mol. The highest BCUT2D eigenvalue weighted by molar-refractivity contribution is 5.88. The normalized spacial score (nSPS) is 17.4. The summed E-state index contributed by atoms with van der Waals surface area (Å²) in [6.07, 6.45) is 1.33. The van der Waals surface area contributed by atoms with Gasteiger partial charge >= 0.3 is 0 Å². The molecule has 0 unspecified atom stereocenters. The van der Waals surface area contributed by atoms with Gasteiger partial charge in [-0.15, -0.1) is 0 Å². The molecule has 1 aliphatic rings. The molecule has 1 aliphatic heterocycles. The summed E-state index contributed by atoms with van der Waals surface area (Å²) in [6.45, 7) is 1.93. The van der Waals surface area contributed by atoms with Crippen LogP contribution in [-0.2, 0) is 22.4 Å². The van der Waals surface area contributed by atoms with Gasteiger partial charge in [0, 0.05) is 26.2 Å². The van der Waals surface area contributed by atoms with Crippen molar-refractivity contribution >= 4 is 11.8 Å². The number of carbonyl (C=O) groups is 2. The van der Waals surface area contributed by atoms with Crippen LogP contribution >= 0.6 is 0 Å². The Bertz CT molecular complexity index is 905. The maximum Gasteiger partial charge on any atom is 0.225 e. The van der Waals surface area contributed by atoms with Crippen molar-refractivity contribution in [3.05, 3.63) is 70.8 Å². The Morgan fingerprint density at radius 1 is 0.774 bits per heavy atom. The molecule has 0 aliphatic carbocycles. The number of carbonyl (C=O) groups excluding carboxylic acids is 2. The second kappa shape index (κ2) is 10.9. The van der Waals surface area contributed by atoms with Crippen molar-refractivity contribution in [2.24, 2.45) is 11.8 Å². The lowest BCUT2D eigenvalue weighted by Crippen LogP contribution is -2.42. The third kappa shape index (κ3) is 6.15. The van der Waals surface area contributed by atoms with Crippen LogP contribution in [0.2, 0.25) is 0 Å². The summed E-state index contributed by atoms with van der Waals surface area (Å²) >= 11 is 0. The van der Waals surface area contributed by atoms with E-state index in [1.807, 2.05) is 24.3 Å². The summed E-state index contributed by atoms with van der Waals surface area (Å²) in [5.41, 5.74) is 3.30. The third-order valence-electron chi connectivity index (χ3n) is 5.48. The maximum absolute atomic E-state index is 12.6. The highest BCUT2D eigenvalue weighted by Gasteiger charge is 2.37. The van der Waals surface area contributed by atoms with E-state index in [-0.39, 0.29) is 11.8 Å². The van der Waals surface area contributed by atoms with Crippen molar-refractivity contribution in [2.75, 3.05) is 26.2 Å². The van der Waals surface area contributed by atoms with Crippen molar-refractivity contribution in [1.82, 2.24) is 16.0 Å². The van der Waals surface area contributed by atoms with E-state index in [9.17, 15) is 9.59 Å². The van der Waals surface area contributed by atoms with Crippen LogP contribution in [0.25, 0.3) is 0 Å². The van der Waals surface area contributed by atoms with E-state index in [4.69, 9.17) is 10.5 Å². The van der Waals surface area contributed by atoms with E-state index in [2.05, 4.69) is 28.1 Å². The smallest absolute Gasteiger partial charge is 0.225 e. The van der Waals surface area contributed by atoms with E-state index in [1.54, 1.807) is 24.3 Å². The molecule has 0 aromatic heterocycles. The zero-order valence-corrected chi connectivity index (χ0v) is 17.2. The van der Waals surface area contributed by atoms with Crippen LogP contribution in [-0.4, -0.2) is 38.0 Å². The number of benzene rings is 2. The molecule has 158 valence electrons. The first-order valence-electron chi connectivity index (χ1n) is 10.3. The number of hydrogen-bond acceptors (Lipinski definition) is 5. The molecule has 2 atom stereocenters. The fourth-order valence-corrected chi connectivity index (χ4v) is 3.64. The highest BCUT2D eigenvalue weighted by atomic mass is 16.2. The Kier molecular flexibility index (Phi) is 7.75. The predicted molar refractivity (Wildman–Crippen MR) is 116 cm³/mol. The molecule has 0 spiro atoms. The average Bonchev–Trinajstić information content (AvgIpc) is 3.30. The summed E-state index contributed by atoms with van der Waals surface area (Å²) in [7, 11) is 0. The summed E-state index contributed by atoms with van der Waals surface area (Å²) in [5, 5.41) is 26.7. The Labute approximate surface area is 182 Å². The molecule has 0 radical (unpaired) electrons. The topological polar surface area (TPSA) is 118 Å². The van der Waals surface area contributed by atoms with Gasteiger partial charge in [0.2, 0.25) is 11.8 Å². The van der Waals surface area contributed by atoms with Gasteiger partial charge in [0.1, 0.15) is 0 Å². The Morgan fingerprint density at radius 2 is 1.16 bits per heavy atom. The lowest BCUT2D eigenvalue weighted by atomic mass is 9.94. The van der Waals surface area contributed by atoms with Crippen LogP contribution in [0.4, 0.5) is 0 Å². The molecule has 3 rings (SSSR count). The summed E-state index contributed by atoms with van der Waals surface area (Å²) in [5.74, 6) is -1.02. The van der Waals surface area contributed by atoms with Crippen LogP contribution in [0.15, 0.2) is 48.5 Å². The zero-order valence-electron chi connectivity index (χ0n) is 17.2. The molecule has 0 saturated carbocycles. The predicted octanol–water partition coefficient (Wildman–Crippen LogP) is 1.28. The first-order valence-corrected chi connectivity index (χ1v) is 10.3. The van der Waals surface area contributed by atoms with Gasteiger partial charge in [0.15, 0.2) is 0 Å². The lowest BCUT2D eigenvalue weighted by molar-refractivity contribution is -0.132. The highest BCUT2D eigenvalue weighted by Crippen LogP contribution is 2.17. The van der Waals surface area contributed by atoms with Crippen molar-refractivity contribution in [3.63, 3.8) is 0 Å². The molecule has 3 N–H and O–H groups in total. The Morgan fingerprint density at radius 3 is 1.52 bits per heavy atom. The molecule has 2 aromatic carbocycles. The summed E-state index contributed by atoms with van der Waals surface area (Å²) < 4.78 is 0. The quantitative estimate of drug-likeness (QED) is 0.600. The second-order valence-electron chi connectivity index (χ2n) is 7.57. The Hall–Kier alpha value is -3.68. The van der Waals surface area contributed by atoms with Gasteiger partial charge in [-0.25, -0.2) is 0 Å². The summed E-state index contributed by atoms with van der Waals surface area (Å²) in [4.78, 5) is 25.2. The van der Waals surface area contributed by atoms with E-state index in [0.717, 1.165) is 11.1 Å². The minimum absolute atomic E-state index is 0.120. The first-order chi connectivity index (χ1) is 15.1. The maximum atomic E-state index is 12.6. The lowest BCUT2D eigenvalue weighted by Gasteiger charge is -2.18. The third-order valence-corrected chi connectivity index (χ3v) is 5.48. The van der Waals surface area contributed by atoms with Crippen molar-refractivity contribution in [3.8, 4) is 12.1 Å². The molecule has 1 saturated heterocycles. The molecular formula is C24H25N5O2. The van der Waals surface area contributed by atoms with Gasteiger partial charge in [-0.1, -0.05) is 24.3 Å². The first kappa shape index (κ1) is 22.0. The van der Waals surface area contributed by atoms with Crippen molar-refractivity contribution < 1.29 is 9.59 Å². The van der Waals surface area contributed by atoms with Gasteiger partial charge < -0.3 is 16.0 Å². The fraction of sp³-hybridized carbons (Fsp3) is 0.333. The van der Waals surface area contributed by atoms with E-state index in [1.165, 1.54) is 0 Å². The van der Waals surface area contributed by atoms with Crippen molar-refractivity contribution in [1.29, 1.82) is 10.5 Å². The Balaban J connectivity index is 1.43. The molecule has 2 amide bonds. The minimum atomic E-state index is -0.393. The summed E-state index contributed by atoms with van der Waals surface area (Å²) in [6, 6.07) is 18.7. The van der Waals surface area contributed by atoms with Gasteiger partial charge in [0.25, 0.3) is 0 Å². The standard InChI is InChI=1S/C24H25N5O2/c25-13-19-5-1-17(2-6-19)9-11-28-23(30)21-15-27-16-22(21)24(31)29-12-10-18-3-7-20(14-26)8-4-18/h1-8,21-22,27H,9-12,15-16H2,(H,28,30)(H,29,31)/t21-,22-/m0/s1. The molecule has 7 nitrogen and oxygen atoms in total. The van der Waals surface area contributed by atoms with Crippen LogP contribution in [0, 0.1) is 34.5 Å². The molecule has 2 aromatic rings.